The summed E-state index contributed by atoms with van der Waals surface area (Å²) in [6.07, 6.45) is 3.37. The van der Waals surface area contributed by atoms with Crippen molar-refractivity contribution in [1.82, 2.24) is 19.6 Å². The van der Waals surface area contributed by atoms with Crippen molar-refractivity contribution in [1.29, 1.82) is 0 Å². The van der Waals surface area contributed by atoms with Crippen molar-refractivity contribution in [3.8, 4) is 0 Å². The Bertz CT molecular complexity index is 690. The summed E-state index contributed by atoms with van der Waals surface area (Å²) in [5.74, 6) is 1.89. The van der Waals surface area contributed by atoms with E-state index in [1.807, 2.05) is 6.92 Å². The van der Waals surface area contributed by atoms with Crippen LogP contribution in [0.4, 0.5) is 5.95 Å². The van der Waals surface area contributed by atoms with Gasteiger partial charge in [-0.1, -0.05) is 11.6 Å². The van der Waals surface area contributed by atoms with Gasteiger partial charge in [0.05, 0.1) is 17.8 Å². The van der Waals surface area contributed by atoms with Crippen molar-refractivity contribution in [3.63, 3.8) is 0 Å². The van der Waals surface area contributed by atoms with Crippen LogP contribution < -0.4 is 5.32 Å². The third-order valence-corrected chi connectivity index (χ3v) is 2.59. The lowest BCUT2D eigenvalue weighted by Gasteiger charge is -1.95. The molecule has 18 heavy (non-hydrogen) atoms. The number of hydrogen-bond acceptors (Lipinski definition) is 5. The highest BCUT2D eigenvalue weighted by molar-refractivity contribution is 6.30. The van der Waals surface area contributed by atoms with E-state index in [0.717, 1.165) is 11.4 Å². The van der Waals surface area contributed by atoms with E-state index in [1.54, 1.807) is 29.0 Å². The minimum absolute atomic E-state index is 0.443. The van der Waals surface area contributed by atoms with Gasteiger partial charge >= 0.3 is 0 Å². The Balaban J connectivity index is 1.78. The summed E-state index contributed by atoms with van der Waals surface area (Å²) < 4.78 is 6.96. The highest BCUT2D eigenvalue weighted by Crippen LogP contribution is 2.12. The fourth-order valence-corrected chi connectivity index (χ4v) is 1.73. The number of pyridine rings is 1. The van der Waals surface area contributed by atoms with Gasteiger partial charge in [-0.3, -0.25) is 0 Å². The van der Waals surface area contributed by atoms with Crippen LogP contribution in [0.2, 0.25) is 5.02 Å². The summed E-state index contributed by atoms with van der Waals surface area (Å²) in [5, 5.41) is 7.89. The van der Waals surface area contributed by atoms with Crippen LogP contribution in [0.15, 0.2) is 28.9 Å². The Hall–Kier alpha value is -2.08. The molecule has 0 unspecified atom stereocenters. The van der Waals surface area contributed by atoms with Gasteiger partial charge in [0.25, 0.3) is 0 Å². The summed E-state index contributed by atoms with van der Waals surface area (Å²) in [5.41, 5.74) is 0.727. The molecule has 3 aromatic heterocycles. The largest absolute Gasteiger partial charge is 0.444 e. The average Bonchev–Trinajstić information content (AvgIpc) is 2.92. The van der Waals surface area contributed by atoms with Gasteiger partial charge in [0, 0.05) is 6.20 Å². The molecule has 0 aliphatic rings. The number of rotatable bonds is 3. The molecule has 0 bridgehead atoms. The highest BCUT2D eigenvalue weighted by Gasteiger charge is 2.05. The van der Waals surface area contributed by atoms with Crippen LogP contribution in [-0.2, 0) is 6.54 Å². The minimum atomic E-state index is 0.443. The summed E-state index contributed by atoms with van der Waals surface area (Å²) in [4.78, 5) is 8.37. The van der Waals surface area contributed by atoms with E-state index in [4.69, 9.17) is 16.0 Å². The van der Waals surface area contributed by atoms with Gasteiger partial charge < -0.3 is 9.73 Å². The standard InChI is InChI=1S/C11H10ClN5O/c1-7-4-13-10(18-7)5-14-11-15-9-3-2-8(12)6-17(9)16-11/h2-4,6H,5H2,1H3,(H,14,16). The van der Waals surface area contributed by atoms with Gasteiger partial charge in [-0.2, -0.15) is 4.98 Å². The number of aromatic nitrogens is 4. The summed E-state index contributed by atoms with van der Waals surface area (Å²) in [6.45, 7) is 2.29. The molecule has 0 amide bonds. The van der Waals surface area contributed by atoms with Crippen LogP contribution >= 0.6 is 11.6 Å². The van der Waals surface area contributed by atoms with Crippen molar-refractivity contribution in [2.24, 2.45) is 0 Å². The number of halogens is 1. The monoisotopic (exact) mass is 263 g/mol. The molecule has 0 spiro atoms. The Kier molecular flexibility index (Phi) is 2.64. The molecular formula is C11H10ClN5O. The maximum Gasteiger partial charge on any atom is 0.243 e. The first kappa shape index (κ1) is 11.0. The maximum absolute atomic E-state index is 5.87. The fraction of sp³-hybridized carbons (Fsp3) is 0.182. The molecule has 92 valence electrons. The summed E-state index contributed by atoms with van der Waals surface area (Å²) in [6, 6.07) is 3.57. The molecule has 0 saturated heterocycles. The predicted molar refractivity (Wildman–Crippen MR) is 66.6 cm³/mol. The molecule has 3 aromatic rings. The molecule has 3 heterocycles. The van der Waals surface area contributed by atoms with Crippen molar-refractivity contribution >= 4 is 23.2 Å². The van der Waals surface area contributed by atoms with Gasteiger partial charge in [0.1, 0.15) is 5.76 Å². The zero-order valence-corrected chi connectivity index (χ0v) is 10.3. The molecule has 1 N–H and O–H groups in total. The number of oxazole rings is 1. The Morgan fingerprint density at radius 3 is 3.11 bits per heavy atom. The zero-order valence-electron chi connectivity index (χ0n) is 9.59. The lowest BCUT2D eigenvalue weighted by Crippen LogP contribution is -2.01. The van der Waals surface area contributed by atoms with E-state index < -0.39 is 0 Å². The average molecular weight is 264 g/mol. The third-order valence-electron chi connectivity index (χ3n) is 2.36. The van der Waals surface area contributed by atoms with Crippen LogP contribution in [0.3, 0.4) is 0 Å². The highest BCUT2D eigenvalue weighted by atomic mass is 35.5. The lowest BCUT2D eigenvalue weighted by molar-refractivity contribution is 0.478. The third kappa shape index (κ3) is 2.14. The fourth-order valence-electron chi connectivity index (χ4n) is 1.57. The van der Waals surface area contributed by atoms with Gasteiger partial charge in [-0.15, -0.1) is 5.10 Å². The molecule has 7 heteroatoms. The van der Waals surface area contributed by atoms with Crippen molar-refractivity contribution < 1.29 is 4.42 Å². The number of hydrogen-bond donors (Lipinski definition) is 1. The predicted octanol–water partition coefficient (Wildman–Crippen LogP) is 2.29. The van der Waals surface area contributed by atoms with Crippen LogP contribution in [-0.4, -0.2) is 19.6 Å². The molecule has 0 aliphatic carbocycles. The molecule has 0 saturated carbocycles. The molecule has 6 nitrogen and oxygen atoms in total. The van der Waals surface area contributed by atoms with Gasteiger partial charge in [-0.25, -0.2) is 9.50 Å². The van der Waals surface area contributed by atoms with E-state index >= 15 is 0 Å². The second kappa shape index (κ2) is 4.30. The molecular weight excluding hydrogens is 254 g/mol. The van der Waals surface area contributed by atoms with E-state index in [-0.39, 0.29) is 0 Å². The van der Waals surface area contributed by atoms with E-state index in [1.165, 1.54) is 0 Å². The van der Waals surface area contributed by atoms with Crippen molar-refractivity contribution in [3.05, 3.63) is 41.2 Å². The number of anilines is 1. The second-order valence-electron chi connectivity index (χ2n) is 3.80. The lowest BCUT2D eigenvalue weighted by atomic mass is 10.5. The van der Waals surface area contributed by atoms with Gasteiger partial charge in [0.15, 0.2) is 5.65 Å². The zero-order chi connectivity index (χ0) is 12.5. The van der Waals surface area contributed by atoms with Crippen molar-refractivity contribution in [2.45, 2.75) is 13.5 Å². The molecule has 0 fully saturated rings. The Morgan fingerprint density at radius 2 is 2.33 bits per heavy atom. The molecule has 0 radical (unpaired) electrons. The number of fused-ring (bicyclic) bond motifs is 1. The number of aryl methyl sites for hydroxylation is 1. The topological polar surface area (TPSA) is 68.2 Å². The first-order valence-electron chi connectivity index (χ1n) is 5.38. The Labute approximate surface area is 108 Å². The quantitative estimate of drug-likeness (QED) is 0.785. The Morgan fingerprint density at radius 1 is 1.44 bits per heavy atom. The molecule has 0 atom stereocenters. The minimum Gasteiger partial charge on any atom is -0.444 e. The summed E-state index contributed by atoms with van der Waals surface area (Å²) >= 11 is 5.87. The first-order chi connectivity index (χ1) is 8.70. The number of nitrogens with zero attached hydrogens (tertiary/aromatic N) is 4. The van der Waals surface area contributed by atoms with Crippen LogP contribution in [0.1, 0.15) is 11.7 Å². The van der Waals surface area contributed by atoms with E-state index in [9.17, 15) is 0 Å². The van der Waals surface area contributed by atoms with Crippen LogP contribution in [0.5, 0.6) is 0 Å². The normalized spacial score (nSPS) is 11.0. The van der Waals surface area contributed by atoms with Crippen LogP contribution in [0.25, 0.3) is 5.65 Å². The van der Waals surface area contributed by atoms with E-state index in [2.05, 4.69) is 20.4 Å². The summed E-state index contributed by atoms with van der Waals surface area (Å²) in [7, 11) is 0. The molecule has 3 rings (SSSR count). The van der Waals surface area contributed by atoms with Crippen molar-refractivity contribution in [2.75, 3.05) is 5.32 Å². The molecule has 0 aliphatic heterocycles. The molecule has 0 aromatic carbocycles. The first-order valence-corrected chi connectivity index (χ1v) is 5.75. The SMILES string of the molecule is Cc1cnc(CNc2nc3ccc(Cl)cn3n2)o1. The second-order valence-corrected chi connectivity index (χ2v) is 4.24. The number of nitrogens with one attached hydrogen (secondary N) is 1. The van der Waals surface area contributed by atoms with E-state index in [0.29, 0.717) is 23.4 Å². The smallest absolute Gasteiger partial charge is 0.243 e. The van der Waals surface area contributed by atoms with Crippen LogP contribution in [0, 0.1) is 6.92 Å². The van der Waals surface area contributed by atoms with Gasteiger partial charge in [0.2, 0.25) is 11.8 Å². The maximum atomic E-state index is 5.87. The van der Waals surface area contributed by atoms with Gasteiger partial charge in [-0.05, 0) is 19.1 Å².